The molecule has 5 rings (SSSR count). The number of benzene rings is 2. The van der Waals surface area contributed by atoms with Crippen LogP contribution in [0.4, 0.5) is 5.69 Å². The molecule has 0 bridgehead atoms. The van der Waals surface area contributed by atoms with Crippen molar-refractivity contribution in [3.8, 4) is 6.19 Å². The number of para-hydroxylation sites is 1. The fourth-order valence-corrected chi connectivity index (χ4v) is 6.37. The molecule has 144 valence electrons. The van der Waals surface area contributed by atoms with Crippen molar-refractivity contribution in [1.82, 2.24) is 13.8 Å². The van der Waals surface area contributed by atoms with E-state index in [2.05, 4.69) is 22.9 Å². The summed E-state index contributed by atoms with van der Waals surface area (Å²) in [4.78, 5) is 1.63. The molecule has 3 heterocycles. The van der Waals surface area contributed by atoms with Gasteiger partial charge in [-0.2, -0.15) is 18.0 Å². The Morgan fingerprint density at radius 1 is 1.04 bits per heavy atom. The third-order valence-electron chi connectivity index (χ3n) is 6.00. The topological polar surface area (TPSA) is 72.6 Å². The number of aromatic nitrogens is 1. The lowest BCUT2D eigenvalue weighted by atomic mass is 10.1. The third kappa shape index (κ3) is 2.40. The zero-order chi connectivity index (χ0) is 19.5. The van der Waals surface area contributed by atoms with E-state index in [1.807, 2.05) is 37.4 Å². The van der Waals surface area contributed by atoms with Gasteiger partial charge in [-0.15, -0.1) is 0 Å². The van der Waals surface area contributed by atoms with Crippen LogP contribution in [0, 0.1) is 11.5 Å². The van der Waals surface area contributed by atoms with Crippen LogP contribution in [0.15, 0.2) is 42.5 Å². The summed E-state index contributed by atoms with van der Waals surface area (Å²) in [5.74, 6) is 0. The van der Waals surface area contributed by atoms with Gasteiger partial charge in [-0.25, -0.2) is 0 Å². The maximum Gasteiger partial charge on any atom is 0.304 e. The van der Waals surface area contributed by atoms with Crippen molar-refractivity contribution in [2.45, 2.75) is 12.5 Å². The molecule has 28 heavy (non-hydrogen) atoms. The standard InChI is InChI=1S/C20H21N5O2S/c1-22-19-5-3-2-4-17(19)18-12-15(6-7-20(18)22)24-10-11-25(28(24,26)27)16-8-9-23(13-16)14-21/h2-7,12,16H,8-11,13H2,1H3. The summed E-state index contributed by atoms with van der Waals surface area (Å²) in [5, 5.41) is 11.2. The van der Waals surface area contributed by atoms with Crippen molar-refractivity contribution >= 4 is 37.7 Å². The van der Waals surface area contributed by atoms with Crippen molar-refractivity contribution < 1.29 is 8.42 Å². The Bertz CT molecular complexity index is 1230. The van der Waals surface area contributed by atoms with Gasteiger partial charge in [-0.3, -0.25) is 4.31 Å². The summed E-state index contributed by atoms with van der Waals surface area (Å²) in [6.45, 7) is 1.99. The first-order valence-electron chi connectivity index (χ1n) is 9.42. The Balaban J connectivity index is 1.54. The molecule has 0 N–H and O–H groups in total. The number of likely N-dealkylation sites (tertiary alicyclic amines) is 1. The zero-order valence-corrected chi connectivity index (χ0v) is 16.4. The van der Waals surface area contributed by atoms with Crippen LogP contribution < -0.4 is 4.31 Å². The van der Waals surface area contributed by atoms with Crippen LogP contribution in [0.1, 0.15) is 6.42 Å². The highest BCUT2D eigenvalue weighted by atomic mass is 32.2. The molecule has 1 atom stereocenters. The number of hydrogen-bond acceptors (Lipinski definition) is 4. The van der Waals surface area contributed by atoms with Gasteiger partial charge < -0.3 is 9.47 Å². The molecule has 0 aliphatic carbocycles. The number of nitriles is 1. The first-order chi connectivity index (χ1) is 13.5. The number of rotatable bonds is 2. The van der Waals surface area contributed by atoms with Gasteiger partial charge in [-0.1, -0.05) is 18.2 Å². The molecule has 1 aromatic heterocycles. The minimum atomic E-state index is -3.59. The molecule has 2 aliphatic heterocycles. The lowest BCUT2D eigenvalue weighted by molar-refractivity contribution is 0.345. The number of aryl methyl sites for hydroxylation is 1. The van der Waals surface area contributed by atoms with Gasteiger partial charge in [0.25, 0.3) is 0 Å². The Hall–Kier alpha value is -2.76. The normalized spacial score (nSPS) is 22.4. The molecular formula is C20H21N5O2S. The minimum absolute atomic E-state index is 0.129. The van der Waals surface area contributed by atoms with Crippen LogP contribution >= 0.6 is 0 Å². The molecule has 2 fully saturated rings. The van der Waals surface area contributed by atoms with Crippen LogP contribution in [0.25, 0.3) is 21.8 Å². The Labute approximate surface area is 164 Å². The smallest absolute Gasteiger partial charge is 0.304 e. The fourth-order valence-electron chi connectivity index (χ4n) is 4.56. The fraction of sp³-hybridized carbons (Fsp3) is 0.350. The lowest BCUT2D eigenvalue weighted by Gasteiger charge is -2.24. The van der Waals surface area contributed by atoms with E-state index in [0.29, 0.717) is 38.3 Å². The van der Waals surface area contributed by atoms with Crippen molar-refractivity contribution in [2.75, 3.05) is 30.5 Å². The number of nitrogens with zero attached hydrogens (tertiary/aromatic N) is 5. The quantitative estimate of drug-likeness (QED) is 0.624. The molecule has 0 radical (unpaired) electrons. The van der Waals surface area contributed by atoms with E-state index in [9.17, 15) is 8.42 Å². The van der Waals surface area contributed by atoms with Crippen molar-refractivity contribution in [2.24, 2.45) is 7.05 Å². The predicted molar refractivity (Wildman–Crippen MR) is 109 cm³/mol. The minimum Gasteiger partial charge on any atom is -0.344 e. The van der Waals surface area contributed by atoms with Crippen LogP contribution in [-0.2, 0) is 17.3 Å². The Kier molecular flexibility index (Phi) is 3.79. The van der Waals surface area contributed by atoms with Gasteiger partial charge in [0.15, 0.2) is 6.19 Å². The molecule has 3 aromatic rings. The van der Waals surface area contributed by atoms with Gasteiger partial charge in [0, 0.05) is 61.1 Å². The average molecular weight is 395 g/mol. The van der Waals surface area contributed by atoms with E-state index in [1.165, 1.54) is 4.31 Å². The summed E-state index contributed by atoms with van der Waals surface area (Å²) < 4.78 is 31.7. The molecule has 0 spiro atoms. The second-order valence-electron chi connectivity index (χ2n) is 7.46. The average Bonchev–Trinajstić information content (AvgIpc) is 3.37. The summed E-state index contributed by atoms with van der Waals surface area (Å²) in [5.41, 5.74) is 2.91. The van der Waals surface area contributed by atoms with E-state index in [-0.39, 0.29) is 6.04 Å². The van der Waals surface area contributed by atoms with Crippen molar-refractivity contribution in [3.63, 3.8) is 0 Å². The Morgan fingerprint density at radius 2 is 1.82 bits per heavy atom. The maximum atomic E-state index is 13.2. The monoisotopic (exact) mass is 395 g/mol. The van der Waals surface area contributed by atoms with Crippen molar-refractivity contribution in [1.29, 1.82) is 5.26 Å². The summed E-state index contributed by atoms with van der Waals surface area (Å²) in [7, 11) is -1.56. The SMILES string of the molecule is Cn1c2ccccc2c2cc(N3CCN(C4CCN(C#N)C4)S3(=O)=O)ccc21. The van der Waals surface area contributed by atoms with Crippen LogP contribution in [-0.4, -0.2) is 54.4 Å². The van der Waals surface area contributed by atoms with Gasteiger partial charge >= 0.3 is 10.2 Å². The number of hydrogen-bond donors (Lipinski definition) is 0. The highest BCUT2D eigenvalue weighted by molar-refractivity contribution is 7.90. The predicted octanol–water partition coefficient (Wildman–Crippen LogP) is 2.25. The largest absolute Gasteiger partial charge is 0.344 e. The van der Waals surface area contributed by atoms with Crippen LogP contribution in [0.5, 0.6) is 0 Å². The van der Waals surface area contributed by atoms with E-state index < -0.39 is 10.2 Å². The van der Waals surface area contributed by atoms with Gasteiger partial charge in [0.2, 0.25) is 0 Å². The highest BCUT2D eigenvalue weighted by Crippen LogP contribution is 2.34. The molecule has 0 saturated carbocycles. The molecule has 2 aliphatic rings. The molecule has 2 saturated heterocycles. The number of fused-ring (bicyclic) bond motifs is 3. The van der Waals surface area contributed by atoms with Gasteiger partial charge in [0.1, 0.15) is 0 Å². The van der Waals surface area contributed by atoms with Crippen LogP contribution in [0.2, 0.25) is 0 Å². The van der Waals surface area contributed by atoms with E-state index in [1.54, 1.807) is 9.21 Å². The maximum absolute atomic E-state index is 13.2. The zero-order valence-electron chi connectivity index (χ0n) is 15.6. The number of anilines is 1. The molecule has 7 nitrogen and oxygen atoms in total. The van der Waals surface area contributed by atoms with Crippen LogP contribution in [0.3, 0.4) is 0 Å². The van der Waals surface area contributed by atoms with E-state index >= 15 is 0 Å². The second kappa shape index (κ2) is 6.12. The van der Waals surface area contributed by atoms with Crippen molar-refractivity contribution in [3.05, 3.63) is 42.5 Å². The molecule has 0 amide bonds. The Morgan fingerprint density at radius 3 is 2.61 bits per heavy atom. The first kappa shape index (κ1) is 17.3. The first-order valence-corrected chi connectivity index (χ1v) is 10.8. The third-order valence-corrected chi connectivity index (χ3v) is 8.02. The summed E-state index contributed by atoms with van der Waals surface area (Å²) in [6.07, 6.45) is 2.82. The van der Waals surface area contributed by atoms with Gasteiger partial charge in [-0.05, 0) is 30.7 Å². The van der Waals surface area contributed by atoms with Gasteiger partial charge in [0.05, 0.1) is 5.69 Å². The molecule has 1 unspecified atom stereocenters. The summed E-state index contributed by atoms with van der Waals surface area (Å²) in [6, 6.07) is 13.9. The molecule has 2 aromatic carbocycles. The second-order valence-corrected chi connectivity index (χ2v) is 9.26. The highest BCUT2D eigenvalue weighted by Gasteiger charge is 2.43. The molecular weight excluding hydrogens is 374 g/mol. The molecule has 8 heteroatoms. The summed E-state index contributed by atoms with van der Waals surface area (Å²) >= 11 is 0. The lowest BCUT2D eigenvalue weighted by Crippen LogP contribution is -2.41. The van der Waals surface area contributed by atoms with E-state index in [0.717, 1.165) is 21.8 Å². The van der Waals surface area contributed by atoms with E-state index in [4.69, 9.17) is 5.26 Å².